The van der Waals surface area contributed by atoms with Crippen LogP contribution < -0.4 is 0 Å². The Morgan fingerprint density at radius 2 is 2.00 bits per heavy atom. The van der Waals surface area contributed by atoms with Crippen LogP contribution in [0.1, 0.15) is 16.7 Å². The van der Waals surface area contributed by atoms with E-state index >= 15 is 0 Å². The Balaban J connectivity index is 2.01. The number of aliphatic carboxylic acids is 1. The molecular weight excluding hydrogens is 296 g/mol. The van der Waals surface area contributed by atoms with Crippen molar-refractivity contribution in [2.45, 2.75) is 32.4 Å². The minimum absolute atomic E-state index is 0.0380. The van der Waals surface area contributed by atoms with Crippen molar-refractivity contribution < 1.29 is 19.8 Å². The number of carbonyl (C=O) groups is 2. The number of aliphatic hydroxyl groups is 1. The second kappa shape index (κ2) is 7.10. The smallest absolute Gasteiger partial charge is 0.317 e. The van der Waals surface area contributed by atoms with Gasteiger partial charge in [-0.1, -0.05) is 23.8 Å². The van der Waals surface area contributed by atoms with Gasteiger partial charge in [-0.2, -0.15) is 0 Å². The summed E-state index contributed by atoms with van der Waals surface area (Å²) in [5.74, 6) is -0.983. The van der Waals surface area contributed by atoms with E-state index in [-0.39, 0.29) is 25.0 Å². The van der Waals surface area contributed by atoms with Crippen LogP contribution in [0.15, 0.2) is 18.2 Å². The van der Waals surface area contributed by atoms with Gasteiger partial charge in [-0.05, 0) is 32.0 Å². The van der Waals surface area contributed by atoms with E-state index in [1.54, 1.807) is 16.8 Å². The Morgan fingerprint density at radius 3 is 2.65 bits per heavy atom. The SMILES string of the molecule is Cc1ccc(C)c(CC(=O)N2CC(N(C)CC(=O)O)[C@H](O)C2)c1. The summed E-state index contributed by atoms with van der Waals surface area (Å²) < 4.78 is 0. The molecular formula is C17H24N2O4. The lowest BCUT2D eigenvalue weighted by Crippen LogP contribution is -2.43. The van der Waals surface area contributed by atoms with E-state index in [0.29, 0.717) is 13.0 Å². The Bertz CT molecular complexity index is 602. The molecule has 1 aliphatic rings. The first-order valence-corrected chi connectivity index (χ1v) is 7.72. The van der Waals surface area contributed by atoms with Gasteiger partial charge >= 0.3 is 5.97 Å². The van der Waals surface area contributed by atoms with Crippen molar-refractivity contribution >= 4 is 11.9 Å². The lowest BCUT2D eigenvalue weighted by atomic mass is 10.0. The molecule has 1 aromatic carbocycles. The lowest BCUT2D eigenvalue weighted by molar-refractivity contribution is -0.138. The quantitative estimate of drug-likeness (QED) is 0.822. The van der Waals surface area contributed by atoms with Crippen LogP contribution in [0, 0.1) is 13.8 Å². The molecule has 2 N–H and O–H groups in total. The van der Waals surface area contributed by atoms with E-state index in [1.807, 2.05) is 32.0 Å². The molecule has 1 unspecified atom stereocenters. The predicted molar refractivity (Wildman–Crippen MR) is 86.3 cm³/mol. The van der Waals surface area contributed by atoms with Crippen molar-refractivity contribution in [1.29, 1.82) is 0 Å². The first-order chi connectivity index (χ1) is 10.8. The zero-order valence-electron chi connectivity index (χ0n) is 13.8. The first-order valence-electron chi connectivity index (χ1n) is 7.72. The maximum atomic E-state index is 12.5. The van der Waals surface area contributed by atoms with Crippen molar-refractivity contribution in [2.75, 3.05) is 26.7 Å². The standard InChI is InChI=1S/C17H24N2O4/c1-11-4-5-12(2)13(6-11)7-16(21)19-8-14(15(20)9-19)18(3)10-17(22)23/h4-6,14-15,20H,7-10H2,1-3H3,(H,22,23)/t14?,15-/m1/s1. The zero-order valence-corrected chi connectivity index (χ0v) is 13.8. The van der Waals surface area contributed by atoms with Gasteiger partial charge in [0, 0.05) is 13.1 Å². The molecule has 23 heavy (non-hydrogen) atoms. The fourth-order valence-corrected chi connectivity index (χ4v) is 3.00. The summed E-state index contributed by atoms with van der Waals surface area (Å²) in [5.41, 5.74) is 3.17. The third kappa shape index (κ3) is 4.30. The van der Waals surface area contributed by atoms with Gasteiger partial charge in [0.25, 0.3) is 0 Å². The average molecular weight is 320 g/mol. The molecule has 0 spiro atoms. The molecule has 6 nitrogen and oxygen atoms in total. The lowest BCUT2D eigenvalue weighted by Gasteiger charge is -2.24. The minimum atomic E-state index is -0.945. The van der Waals surface area contributed by atoms with Gasteiger partial charge in [0.2, 0.25) is 5.91 Å². The minimum Gasteiger partial charge on any atom is -0.480 e. The van der Waals surface area contributed by atoms with E-state index in [0.717, 1.165) is 16.7 Å². The number of hydrogen-bond donors (Lipinski definition) is 2. The first kappa shape index (κ1) is 17.4. The number of amides is 1. The highest BCUT2D eigenvalue weighted by Gasteiger charge is 2.36. The molecule has 0 radical (unpaired) electrons. The largest absolute Gasteiger partial charge is 0.480 e. The maximum absolute atomic E-state index is 12.5. The van der Waals surface area contributed by atoms with Crippen LogP contribution in [0.4, 0.5) is 0 Å². The molecule has 0 saturated carbocycles. The number of nitrogens with zero attached hydrogens (tertiary/aromatic N) is 2. The summed E-state index contributed by atoms with van der Waals surface area (Å²) >= 11 is 0. The number of likely N-dealkylation sites (tertiary alicyclic amines) is 1. The van der Waals surface area contributed by atoms with Gasteiger partial charge in [-0.25, -0.2) is 0 Å². The normalized spacial score (nSPS) is 21.0. The number of likely N-dealkylation sites (N-methyl/N-ethyl adjacent to an activating group) is 1. The number of aliphatic hydroxyl groups excluding tert-OH is 1. The third-order valence-corrected chi connectivity index (χ3v) is 4.41. The number of carboxylic acid groups (broad SMARTS) is 1. The number of carboxylic acids is 1. The summed E-state index contributed by atoms with van der Waals surface area (Å²) in [6, 6.07) is 5.68. The molecule has 0 aliphatic carbocycles. The van der Waals surface area contributed by atoms with Crippen LogP contribution >= 0.6 is 0 Å². The number of hydrogen-bond acceptors (Lipinski definition) is 4. The number of carbonyl (C=O) groups excluding carboxylic acids is 1. The summed E-state index contributed by atoms with van der Waals surface area (Å²) in [6.45, 7) is 4.42. The molecule has 2 rings (SSSR count). The Hall–Kier alpha value is -1.92. The van der Waals surface area contributed by atoms with Crippen LogP contribution in [-0.4, -0.2) is 70.7 Å². The average Bonchev–Trinajstić information content (AvgIpc) is 2.84. The number of rotatable bonds is 5. The molecule has 1 aliphatic heterocycles. The van der Waals surface area contributed by atoms with Gasteiger partial charge in [0.05, 0.1) is 25.1 Å². The highest BCUT2D eigenvalue weighted by atomic mass is 16.4. The third-order valence-electron chi connectivity index (χ3n) is 4.41. The van der Waals surface area contributed by atoms with Crippen LogP contribution in [0.5, 0.6) is 0 Å². The molecule has 1 amide bonds. The van der Waals surface area contributed by atoms with Crippen LogP contribution in [0.25, 0.3) is 0 Å². The van der Waals surface area contributed by atoms with Crippen LogP contribution in [0.2, 0.25) is 0 Å². The van der Waals surface area contributed by atoms with Crippen molar-refractivity contribution in [2.24, 2.45) is 0 Å². The van der Waals surface area contributed by atoms with Gasteiger partial charge in [0.15, 0.2) is 0 Å². The zero-order chi connectivity index (χ0) is 17.1. The van der Waals surface area contributed by atoms with Gasteiger partial charge in [-0.15, -0.1) is 0 Å². The topological polar surface area (TPSA) is 81.1 Å². The highest BCUT2D eigenvalue weighted by Crippen LogP contribution is 2.18. The highest BCUT2D eigenvalue weighted by molar-refractivity contribution is 5.79. The fraction of sp³-hybridized carbons (Fsp3) is 0.529. The van der Waals surface area contributed by atoms with Crippen molar-refractivity contribution in [1.82, 2.24) is 9.80 Å². The summed E-state index contributed by atoms with van der Waals surface area (Å²) in [5, 5.41) is 19.0. The monoisotopic (exact) mass is 320 g/mol. The fourth-order valence-electron chi connectivity index (χ4n) is 3.00. The molecule has 126 valence electrons. The Kier molecular flexibility index (Phi) is 5.38. The van der Waals surface area contributed by atoms with Crippen molar-refractivity contribution in [3.05, 3.63) is 34.9 Å². The summed E-state index contributed by atoms with van der Waals surface area (Å²) in [7, 11) is 1.65. The van der Waals surface area contributed by atoms with Gasteiger partial charge in [0.1, 0.15) is 0 Å². The molecule has 1 aromatic rings. The van der Waals surface area contributed by atoms with E-state index in [9.17, 15) is 14.7 Å². The molecule has 1 saturated heterocycles. The molecule has 2 atom stereocenters. The van der Waals surface area contributed by atoms with Crippen molar-refractivity contribution in [3.8, 4) is 0 Å². The summed E-state index contributed by atoms with van der Waals surface area (Å²) in [6.07, 6.45) is -0.419. The van der Waals surface area contributed by atoms with E-state index in [4.69, 9.17) is 5.11 Å². The molecule has 1 fully saturated rings. The van der Waals surface area contributed by atoms with E-state index in [1.165, 1.54) is 0 Å². The Labute approximate surface area is 136 Å². The maximum Gasteiger partial charge on any atom is 0.317 e. The number of benzene rings is 1. The van der Waals surface area contributed by atoms with Crippen LogP contribution in [-0.2, 0) is 16.0 Å². The summed E-state index contributed by atoms with van der Waals surface area (Å²) in [4.78, 5) is 26.5. The van der Waals surface area contributed by atoms with Crippen molar-refractivity contribution in [3.63, 3.8) is 0 Å². The molecule has 0 bridgehead atoms. The number of β-amino-alcohol motifs (C(OH)–C–C–N with tert-alkyl or cyclic N) is 1. The van der Waals surface area contributed by atoms with E-state index in [2.05, 4.69) is 0 Å². The number of aryl methyl sites for hydroxylation is 2. The van der Waals surface area contributed by atoms with Gasteiger partial charge in [-0.3, -0.25) is 14.5 Å². The van der Waals surface area contributed by atoms with Crippen LogP contribution in [0.3, 0.4) is 0 Å². The second-order valence-corrected chi connectivity index (χ2v) is 6.35. The van der Waals surface area contributed by atoms with E-state index < -0.39 is 12.1 Å². The van der Waals surface area contributed by atoms with Gasteiger partial charge < -0.3 is 15.1 Å². The Morgan fingerprint density at radius 1 is 1.30 bits per heavy atom. The molecule has 6 heteroatoms. The molecule has 1 heterocycles. The predicted octanol–water partition coefficient (Wildman–Crippen LogP) is 0.434. The second-order valence-electron chi connectivity index (χ2n) is 6.35. The molecule has 0 aromatic heterocycles.